The molecule has 0 aromatic carbocycles. The third-order valence-corrected chi connectivity index (χ3v) is 6.08. The maximum absolute atomic E-state index is 13.5. The van der Waals surface area contributed by atoms with Crippen LogP contribution in [0.5, 0.6) is 0 Å². The summed E-state index contributed by atoms with van der Waals surface area (Å²) in [6.45, 7) is 7.69. The van der Waals surface area contributed by atoms with Crippen LogP contribution in [0.25, 0.3) is 0 Å². The van der Waals surface area contributed by atoms with Gasteiger partial charge in [-0.1, -0.05) is 12.5 Å². The first-order valence-corrected chi connectivity index (χ1v) is 11.0. The van der Waals surface area contributed by atoms with Crippen molar-refractivity contribution in [2.45, 2.75) is 59.4 Å². The molecule has 1 saturated carbocycles. The van der Waals surface area contributed by atoms with E-state index in [4.69, 9.17) is 4.74 Å². The predicted molar refractivity (Wildman–Crippen MR) is 117 cm³/mol. The number of nitrogens with zero attached hydrogens (tertiary/aromatic N) is 2. The van der Waals surface area contributed by atoms with Crippen molar-refractivity contribution in [1.82, 2.24) is 14.9 Å². The number of aryl methyl sites for hydroxylation is 1. The summed E-state index contributed by atoms with van der Waals surface area (Å²) in [6, 6.07) is 5.05. The Balaban J connectivity index is 1.84. The molecule has 2 aromatic rings. The van der Waals surface area contributed by atoms with E-state index in [-0.39, 0.29) is 24.2 Å². The van der Waals surface area contributed by atoms with E-state index in [0.29, 0.717) is 35.5 Å². The molecule has 1 atom stereocenters. The van der Waals surface area contributed by atoms with Gasteiger partial charge in [-0.25, -0.2) is 4.79 Å². The fraction of sp³-hybridized carbons (Fsp3) is 0.500. The lowest BCUT2D eigenvalue weighted by Crippen LogP contribution is -2.48. The number of rotatable bonds is 9. The molecule has 3 rings (SSSR count). The van der Waals surface area contributed by atoms with Crippen molar-refractivity contribution in [2.24, 2.45) is 5.92 Å². The average molecular weight is 426 g/mol. The molecule has 1 aliphatic rings. The molecule has 0 spiro atoms. The van der Waals surface area contributed by atoms with Gasteiger partial charge in [-0.05, 0) is 58.2 Å². The number of aromatic amines is 1. The van der Waals surface area contributed by atoms with E-state index in [1.54, 1.807) is 38.8 Å². The van der Waals surface area contributed by atoms with Gasteiger partial charge in [0, 0.05) is 42.0 Å². The number of ether oxygens (including phenoxy) is 1. The van der Waals surface area contributed by atoms with Crippen molar-refractivity contribution in [3.05, 3.63) is 52.6 Å². The fourth-order valence-electron chi connectivity index (χ4n) is 4.04. The van der Waals surface area contributed by atoms with E-state index in [9.17, 15) is 14.4 Å². The molecule has 1 fully saturated rings. The molecule has 0 saturated heterocycles. The van der Waals surface area contributed by atoms with Crippen molar-refractivity contribution in [3.8, 4) is 0 Å². The smallest absolute Gasteiger partial charge is 0.355 e. The molecule has 0 aliphatic heterocycles. The molecule has 31 heavy (non-hydrogen) atoms. The van der Waals surface area contributed by atoms with Crippen LogP contribution in [0, 0.1) is 19.8 Å². The molecule has 2 heterocycles. The summed E-state index contributed by atoms with van der Waals surface area (Å²) in [7, 11) is 0. The standard InChI is InChI=1S/C24H31N3O4/c1-5-31-24(30)21-15(2)20(16(3)26-21)22(28)17(4)27(23(29)18-9-8-10-18)14-12-19-11-6-7-13-25-19/h6-7,11,13,17-18,26H,5,8-10,12,14H2,1-4H3. The summed E-state index contributed by atoms with van der Waals surface area (Å²) >= 11 is 0. The van der Waals surface area contributed by atoms with Gasteiger partial charge < -0.3 is 14.6 Å². The maximum atomic E-state index is 13.5. The topological polar surface area (TPSA) is 92.4 Å². The summed E-state index contributed by atoms with van der Waals surface area (Å²) in [6.07, 6.45) is 5.09. The van der Waals surface area contributed by atoms with Gasteiger partial charge in [0.15, 0.2) is 5.78 Å². The maximum Gasteiger partial charge on any atom is 0.355 e. The Morgan fingerprint density at radius 3 is 2.58 bits per heavy atom. The van der Waals surface area contributed by atoms with Crippen molar-refractivity contribution >= 4 is 17.7 Å². The monoisotopic (exact) mass is 425 g/mol. The SMILES string of the molecule is CCOC(=O)c1[nH]c(C)c(C(=O)C(C)N(CCc2ccccn2)C(=O)C2CCC2)c1C. The lowest BCUT2D eigenvalue weighted by atomic mass is 9.83. The molecule has 1 amide bonds. The van der Waals surface area contributed by atoms with Crippen molar-refractivity contribution < 1.29 is 19.1 Å². The molecule has 1 unspecified atom stereocenters. The Morgan fingerprint density at radius 2 is 2.00 bits per heavy atom. The predicted octanol–water partition coefficient (Wildman–Crippen LogP) is 3.65. The molecule has 166 valence electrons. The van der Waals surface area contributed by atoms with Crippen LogP contribution in [0.2, 0.25) is 0 Å². The molecule has 7 heteroatoms. The van der Waals surface area contributed by atoms with Crippen LogP contribution in [0.1, 0.15) is 70.9 Å². The zero-order chi connectivity index (χ0) is 22.5. The molecular formula is C24H31N3O4. The fourth-order valence-corrected chi connectivity index (χ4v) is 4.04. The number of carbonyl (C=O) groups is 3. The van der Waals surface area contributed by atoms with E-state index >= 15 is 0 Å². The number of esters is 1. The number of amides is 1. The van der Waals surface area contributed by atoms with Gasteiger partial charge in [-0.15, -0.1) is 0 Å². The largest absolute Gasteiger partial charge is 0.461 e. The number of carbonyl (C=O) groups excluding carboxylic acids is 3. The van der Waals surface area contributed by atoms with Gasteiger partial charge in [-0.3, -0.25) is 14.6 Å². The summed E-state index contributed by atoms with van der Waals surface area (Å²) < 4.78 is 5.09. The second-order valence-electron chi connectivity index (χ2n) is 8.12. The molecular weight excluding hydrogens is 394 g/mol. The zero-order valence-corrected chi connectivity index (χ0v) is 18.7. The Morgan fingerprint density at radius 1 is 1.26 bits per heavy atom. The van der Waals surface area contributed by atoms with Gasteiger partial charge >= 0.3 is 5.97 Å². The quantitative estimate of drug-likeness (QED) is 0.489. The molecule has 0 radical (unpaired) electrons. The minimum Gasteiger partial charge on any atom is -0.461 e. The first kappa shape index (κ1) is 22.7. The first-order chi connectivity index (χ1) is 14.8. The Labute approximate surface area is 183 Å². The van der Waals surface area contributed by atoms with E-state index < -0.39 is 12.0 Å². The van der Waals surface area contributed by atoms with Crippen LogP contribution in [0.4, 0.5) is 0 Å². The third-order valence-electron chi connectivity index (χ3n) is 6.08. The molecule has 0 bridgehead atoms. The second kappa shape index (κ2) is 9.90. The molecule has 1 N–H and O–H groups in total. The zero-order valence-electron chi connectivity index (χ0n) is 18.7. The van der Waals surface area contributed by atoms with E-state index in [2.05, 4.69) is 9.97 Å². The van der Waals surface area contributed by atoms with E-state index in [1.807, 2.05) is 18.2 Å². The normalized spacial score (nSPS) is 14.6. The van der Waals surface area contributed by atoms with Crippen LogP contribution in [-0.2, 0) is 16.0 Å². The minimum absolute atomic E-state index is 0.0116. The lowest BCUT2D eigenvalue weighted by molar-refractivity contribution is -0.139. The number of nitrogens with one attached hydrogen (secondary N) is 1. The van der Waals surface area contributed by atoms with Crippen LogP contribution in [0.15, 0.2) is 24.4 Å². The number of aromatic nitrogens is 2. The number of hydrogen-bond donors (Lipinski definition) is 1. The molecule has 2 aromatic heterocycles. The number of H-pyrrole nitrogens is 1. The summed E-state index contributed by atoms with van der Waals surface area (Å²) in [5, 5.41) is 0. The van der Waals surface area contributed by atoms with Gasteiger partial charge in [0.1, 0.15) is 5.69 Å². The first-order valence-electron chi connectivity index (χ1n) is 11.0. The van der Waals surface area contributed by atoms with Crippen molar-refractivity contribution in [2.75, 3.05) is 13.2 Å². The van der Waals surface area contributed by atoms with Gasteiger partial charge in [-0.2, -0.15) is 0 Å². The van der Waals surface area contributed by atoms with E-state index in [0.717, 1.165) is 25.0 Å². The highest BCUT2D eigenvalue weighted by atomic mass is 16.5. The Kier molecular flexibility index (Phi) is 7.25. The average Bonchev–Trinajstić information content (AvgIpc) is 3.01. The summed E-state index contributed by atoms with van der Waals surface area (Å²) in [4.78, 5) is 47.9. The summed E-state index contributed by atoms with van der Waals surface area (Å²) in [5.74, 6) is -0.634. The van der Waals surface area contributed by atoms with Crippen molar-refractivity contribution in [3.63, 3.8) is 0 Å². The lowest BCUT2D eigenvalue weighted by Gasteiger charge is -2.35. The van der Waals surface area contributed by atoms with Gasteiger partial charge in [0.2, 0.25) is 5.91 Å². The Hall–Kier alpha value is -2.96. The van der Waals surface area contributed by atoms with Gasteiger partial charge in [0.05, 0.1) is 12.6 Å². The Bertz CT molecular complexity index is 947. The van der Waals surface area contributed by atoms with Gasteiger partial charge in [0.25, 0.3) is 0 Å². The van der Waals surface area contributed by atoms with Crippen LogP contribution >= 0.6 is 0 Å². The van der Waals surface area contributed by atoms with Crippen molar-refractivity contribution in [1.29, 1.82) is 0 Å². The number of hydrogen-bond acceptors (Lipinski definition) is 5. The highest BCUT2D eigenvalue weighted by Gasteiger charge is 2.35. The second-order valence-corrected chi connectivity index (χ2v) is 8.12. The molecule has 1 aliphatic carbocycles. The highest BCUT2D eigenvalue weighted by Crippen LogP contribution is 2.30. The highest BCUT2D eigenvalue weighted by molar-refractivity contribution is 6.06. The summed E-state index contributed by atoms with van der Waals surface area (Å²) in [5.41, 5.74) is 2.80. The van der Waals surface area contributed by atoms with Crippen LogP contribution in [-0.4, -0.2) is 51.7 Å². The third kappa shape index (κ3) is 4.86. The minimum atomic E-state index is -0.639. The van der Waals surface area contributed by atoms with Crippen LogP contribution in [0.3, 0.4) is 0 Å². The number of Topliss-reactive ketones (excluding diaryl/α,β-unsaturated/α-hetero) is 1. The number of ketones is 1. The molecule has 7 nitrogen and oxygen atoms in total. The van der Waals surface area contributed by atoms with Crippen LogP contribution < -0.4 is 0 Å². The van der Waals surface area contributed by atoms with E-state index in [1.165, 1.54) is 0 Å². The number of pyridine rings is 1.